The quantitative estimate of drug-likeness (QED) is 0.758. The van der Waals surface area contributed by atoms with E-state index >= 15 is 0 Å². The topological polar surface area (TPSA) is 78.3 Å². The maximum atomic E-state index is 12.4. The van der Waals surface area contributed by atoms with Gasteiger partial charge in [0, 0.05) is 30.9 Å². The number of H-pyrrole nitrogens is 1. The number of aromatic nitrogens is 1. The van der Waals surface area contributed by atoms with Crippen molar-refractivity contribution in [3.8, 4) is 0 Å². The summed E-state index contributed by atoms with van der Waals surface area (Å²) in [6, 6.07) is 15.8. The van der Waals surface area contributed by atoms with Gasteiger partial charge < -0.3 is 14.6 Å². The molecule has 1 aliphatic rings. The van der Waals surface area contributed by atoms with Crippen LogP contribution in [0, 0.1) is 0 Å². The van der Waals surface area contributed by atoms with Gasteiger partial charge in [-0.2, -0.15) is 0 Å². The fourth-order valence-electron chi connectivity index (χ4n) is 3.43. The number of nitrogens with zero attached hydrogens (tertiary/aromatic N) is 1. The van der Waals surface area contributed by atoms with Gasteiger partial charge >= 0.3 is 5.76 Å². The van der Waals surface area contributed by atoms with Crippen LogP contribution in [0.3, 0.4) is 0 Å². The number of hydrogen-bond donors (Lipinski definition) is 2. The Labute approximate surface area is 150 Å². The van der Waals surface area contributed by atoms with E-state index in [9.17, 15) is 9.59 Å². The van der Waals surface area contributed by atoms with Gasteiger partial charge in [-0.1, -0.05) is 30.3 Å². The van der Waals surface area contributed by atoms with Gasteiger partial charge in [0.2, 0.25) is 5.91 Å². The highest BCUT2D eigenvalue weighted by molar-refractivity contribution is 5.79. The van der Waals surface area contributed by atoms with Crippen LogP contribution in [-0.4, -0.2) is 34.9 Å². The van der Waals surface area contributed by atoms with Crippen molar-refractivity contribution in [2.24, 2.45) is 0 Å². The van der Waals surface area contributed by atoms with Crippen LogP contribution in [0.1, 0.15) is 18.4 Å². The number of aromatic amines is 1. The summed E-state index contributed by atoms with van der Waals surface area (Å²) in [4.78, 5) is 28.3. The molecule has 0 saturated carbocycles. The predicted octanol–water partition coefficient (Wildman–Crippen LogP) is 2.77. The highest BCUT2D eigenvalue weighted by Gasteiger charge is 2.22. The number of likely N-dealkylation sites (tertiary alicyclic amines) is 1. The zero-order chi connectivity index (χ0) is 17.9. The van der Waals surface area contributed by atoms with Crippen molar-refractivity contribution in [2.45, 2.75) is 25.3 Å². The molecule has 0 unspecified atom stereocenters. The second kappa shape index (κ2) is 7.07. The van der Waals surface area contributed by atoms with Gasteiger partial charge in [-0.15, -0.1) is 0 Å². The maximum Gasteiger partial charge on any atom is 0.417 e. The molecule has 2 N–H and O–H groups in total. The first kappa shape index (κ1) is 16.4. The molecular weight excluding hydrogens is 330 g/mol. The van der Waals surface area contributed by atoms with Crippen LogP contribution >= 0.6 is 0 Å². The highest BCUT2D eigenvalue weighted by atomic mass is 16.4. The number of benzene rings is 2. The predicted molar refractivity (Wildman–Crippen MR) is 100 cm³/mol. The molecule has 6 heteroatoms. The van der Waals surface area contributed by atoms with E-state index in [-0.39, 0.29) is 5.91 Å². The number of anilines is 1. The van der Waals surface area contributed by atoms with Crippen LogP contribution in [0.25, 0.3) is 11.1 Å². The van der Waals surface area contributed by atoms with E-state index in [1.807, 2.05) is 53.4 Å². The molecule has 3 aromatic rings. The molecule has 0 bridgehead atoms. The molecule has 0 aliphatic carbocycles. The summed E-state index contributed by atoms with van der Waals surface area (Å²) in [6.07, 6.45) is 2.26. The summed E-state index contributed by atoms with van der Waals surface area (Å²) in [7, 11) is 0. The van der Waals surface area contributed by atoms with Crippen LogP contribution < -0.4 is 11.1 Å². The van der Waals surface area contributed by atoms with E-state index in [4.69, 9.17) is 4.42 Å². The number of fused-ring (bicyclic) bond motifs is 1. The monoisotopic (exact) mass is 351 g/mol. The minimum absolute atomic E-state index is 0.185. The maximum absolute atomic E-state index is 12.4. The van der Waals surface area contributed by atoms with Crippen molar-refractivity contribution in [2.75, 3.05) is 18.4 Å². The number of hydrogen-bond acceptors (Lipinski definition) is 4. The van der Waals surface area contributed by atoms with Crippen LogP contribution in [0.2, 0.25) is 0 Å². The van der Waals surface area contributed by atoms with E-state index in [1.54, 1.807) is 0 Å². The number of oxazole rings is 1. The number of amides is 1. The molecule has 1 amide bonds. The Morgan fingerprint density at radius 3 is 2.69 bits per heavy atom. The Morgan fingerprint density at radius 1 is 1.15 bits per heavy atom. The lowest BCUT2D eigenvalue weighted by molar-refractivity contribution is -0.131. The summed E-state index contributed by atoms with van der Waals surface area (Å²) < 4.78 is 5.10. The van der Waals surface area contributed by atoms with E-state index in [0.29, 0.717) is 23.6 Å². The molecule has 2 aromatic carbocycles. The zero-order valence-corrected chi connectivity index (χ0v) is 14.4. The fraction of sp³-hybridized carbons (Fsp3) is 0.300. The molecule has 4 rings (SSSR count). The molecule has 0 radical (unpaired) electrons. The largest absolute Gasteiger partial charge is 0.417 e. The Morgan fingerprint density at radius 2 is 1.92 bits per heavy atom. The van der Waals surface area contributed by atoms with Crippen LogP contribution in [0.5, 0.6) is 0 Å². The molecule has 1 saturated heterocycles. The van der Waals surface area contributed by atoms with Crippen molar-refractivity contribution in [3.63, 3.8) is 0 Å². The lowest BCUT2D eigenvalue weighted by atomic mass is 10.0. The molecule has 1 aliphatic heterocycles. The third-order valence-electron chi connectivity index (χ3n) is 4.84. The van der Waals surface area contributed by atoms with E-state index in [2.05, 4.69) is 10.3 Å². The van der Waals surface area contributed by atoms with Gasteiger partial charge in [-0.05, 0) is 30.5 Å². The smallest absolute Gasteiger partial charge is 0.408 e. The summed E-state index contributed by atoms with van der Waals surface area (Å²) in [5, 5.41) is 3.48. The van der Waals surface area contributed by atoms with Gasteiger partial charge in [0.25, 0.3) is 0 Å². The van der Waals surface area contributed by atoms with E-state index in [0.717, 1.165) is 37.2 Å². The number of rotatable bonds is 4. The molecule has 1 fully saturated rings. The molecule has 26 heavy (non-hydrogen) atoms. The number of carbonyl (C=O) groups is 1. The average Bonchev–Trinajstić information content (AvgIpc) is 3.02. The minimum Gasteiger partial charge on any atom is -0.408 e. The molecular formula is C20H21N3O3. The van der Waals surface area contributed by atoms with Gasteiger partial charge in [0.15, 0.2) is 5.58 Å². The Balaban J connectivity index is 1.32. The molecule has 1 aromatic heterocycles. The van der Waals surface area contributed by atoms with Crippen LogP contribution in [0.4, 0.5) is 5.69 Å². The first-order valence-electron chi connectivity index (χ1n) is 8.88. The summed E-state index contributed by atoms with van der Waals surface area (Å²) in [5.74, 6) is -0.257. The van der Waals surface area contributed by atoms with E-state index < -0.39 is 5.76 Å². The van der Waals surface area contributed by atoms with Crippen molar-refractivity contribution in [1.29, 1.82) is 0 Å². The zero-order valence-electron chi connectivity index (χ0n) is 14.4. The van der Waals surface area contributed by atoms with Gasteiger partial charge in [-0.3, -0.25) is 9.78 Å². The Kier molecular flexibility index (Phi) is 4.48. The summed E-state index contributed by atoms with van der Waals surface area (Å²) in [5.41, 5.74) is 3.23. The van der Waals surface area contributed by atoms with Crippen molar-refractivity contribution >= 4 is 22.7 Å². The summed E-state index contributed by atoms with van der Waals surface area (Å²) >= 11 is 0. The Hall–Kier alpha value is -3.02. The molecule has 0 spiro atoms. The number of nitrogens with one attached hydrogen (secondary N) is 2. The average molecular weight is 351 g/mol. The van der Waals surface area contributed by atoms with Gasteiger partial charge in [0.1, 0.15) is 0 Å². The lowest BCUT2D eigenvalue weighted by Crippen LogP contribution is -2.43. The minimum atomic E-state index is -0.442. The van der Waals surface area contributed by atoms with Crippen LogP contribution in [-0.2, 0) is 11.2 Å². The first-order chi connectivity index (χ1) is 12.7. The SMILES string of the molecule is O=C(Cc1ccccc1)N1CCC(Nc2ccc3[nH]c(=O)oc3c2)CC1. The third kappa shape index (κ3) is 3.64. The molecule has 6 nitrogen and oxygen atoms in total. The highest BCUT2D eigenvalue weighted by Crippen LogP contribution is 2.21. The first-order valence-corrected chi connectivity index (χ1v) is 8.88. The fourth-order valence-corrected chi connectivity index (χ4v) is 3.43. The van der Waals surface area contributed by atoms with Crippen molar-refractivity contribution < 1.29 is 9.21 Å². The van der Waals surface area contributed by atoms with E-state index in [1.165, 1.54) is 0 Å². The molecule has 0 atom stereocenters. The normalized spacial score (nSPS) is 15.3. The number of carbonyl (C=O) groups excluding carboxylic acids is 1. The van der Waals surface area contributed by atoms with Gasteiger partial charge in [-0.25, -0.2) is 4.79 Å². The van der Waals surface area contributed by atoms with Gasteiger partial charge in [0.05, 0.1) is 11.9 Å². The lowest BCUT2D eigenvalue weighted by Gasteiger charge is -2.33. The number of piperidine rings is 1. The second-order valence-electron chi connectivity index (χ2n) is 6.69. The molecule has 134 valence electrons. The van der Waals surface area contributed by atoms with Crippen molar-refractivity contribution in [3.05, 3.63) is 64.6 Å². The summed E-state index contributed by atoms with van der Waals surface area (Å²) in [6.45, 7) is 1.51. The third-order valence-corrected chi connectivity index (χ3v) is 4.84. The van der Waals surface area contributed by atoms with Crippen LogP contribution in [0.15, 0.2) is 57.7 Å². The van der Waals surface area contributed by atoms with Crippen molar-refractivity contribution in [1.82, 2.24) is 9.88 Å². The standard InChI is InChI=1S/C20H21N3O3/c24-19(12-14-4-2-1-3-5-14)23-10-8-15(9-11-23)21-16-6-7-17-18(13-16)26-20(25)22-17/h1-7,13,15,21H,8-12H2,(H,22,25). The Bertz CT molecular complexity index is 953. The molecule has 2 heterocycles. The second-order valence-corrected chi connectivity index (χ2v) is 6.69.